The van der Waals surface area contributed by atoms with Crippen LogP contribution in [0.4, 0.5) is 0 Å². The molecule has 32 heavy (non-hydrogen) atoms. The summed E-state index contributed by atoms with van der Waals surface area (Å²) in [7, 11) is 0. The molecule has 0 spiro atoms. The predicted octanol–water partition coefficient (Wildman–Crippen LogP) is 4.28. The summed E-state index contributed by atoms with van der Waals surface area (Å²) in [6.45, 7) is 0. The molecule has 1 N–H and O–H groups in total. The number of rotatable bonds is 5. The zero-order valence-corrected chi connectivity index (χ0v) is 17.1. The first kappa shape index (κ1) is 19.7. The lowest BCUT2D eigenvalue weighted by Gasteiger charge is -2.27. The first-order valence-electron chi connectivity index (χ1n) is 10.2. The number of hydrogen-bond acceptors (Lipinski definition) is 6. The van der Waals surface area contributed by atoms with Gasteiger partial charge in [0.05, 0.1) is 39.9 Å². The van der Waals surface area contributed by atoms with Crippen LogP contribution in [0.15, 0.2) is 110 Å². The summed E-state index contributed by atoms with van der Waals surface area (Å²) in [4.78, 5) is 22.7. The second-order valence-corrected chi connectivity index (χ2v) is 7.17. The standard InChI is InChI=1S/C26H19N5O/c32-26(23-13-3-6-18-29-23,24-14-7-11-21(30-24)19-9-1-4-16-27-19)25-15-8-12-22(31-25)20-10-2-5-17-28-20/h1-18,32H. The molecule has 0 atom stereocenters. The van der Waals surface area contributed by atoms with Gasteiger partial charge in [-0.3, -0.25) is 15.0 Å². The van der Waals surface area contributed by atoms with Crippen LogP contribution < -0.4 is 0 Å². The van der Waals surface area contributed by atoms with Crippen LogP contribution in [-0.4, -0.2) is 30.0 Å². The van der Waals surface area contributed by atoms with Crippen molar-refractivity contribution in [3.8, 4) is 22.8 Å². The number of aliphatic hydroxyl groups is 1. The molecule has 6 nitrogen and oxygen atoms in total. The number of hydrogen-bond donors (Lipinski definition) is 1. The molecule has 0 bridgehead atoms. The van der Waals surface area contributed by atoms with E-state index in [4.69, 9.17) is 9.97 Å². The average molecular weight is 417 g/mol. The molecule has 5 rings (SSSR count). The van der Waals surface area contributed by atoms with Gasteiger partial charge in [0.1, 0.15) is 0 Å². The van der Waals surface area contributed by atoms with Crippen LogP contribution in [0.3, 0.4) is 0 Å². The minimum atomic E-state index is -1.67. The number of aromatic nitrogens is 5. The quantitative estimate of drug-likeness (QED) is 0.459. The highest BCUT2D eigenvalue weighted by Crippen LogP contribution is 2.35. The van der Waals surface area contributed by atoms with E-state index in [2.05, 4.69) is 15.0 Å². The minimum absolute atomic E-state index is 0.407. The normalized spacial score (nSPS) is 11.3. The third-order valence-electron chi connectivity index (χ3n) is 5.13. The Morgan fingerprint density at radius 3 is 1.31 bits per heavy atom. The Balaban J connectivity index is 1.70. The van der Waals surface area contributed by atoms with Crippen molar-refractivity contribution < 1.29 is 5.11 Å². The fourth-order valence-corrected chi connectivity index (χ4v) is 3.56. The molecule has 0 aliphatic heterocycles. The van der Waals surface area contributed by atoms with Crippen LogP contribution in [0.1, 0.15) is 17.1 Å². The Hall–Kier alpha value is -4.29. The van der Waals surface area contributed by atoms with Crippen molar-refractivity contribution in [3.63, 3.8) is 0 Å². The molecule has 0 saturated heterocycles. The number of pyridine rings is 5. The second-order valence-electron chi connectivity index (χ2n) is 7.17. The maximum absolute atomic E-state index is 12.1. The predicted molar refractivity (Wildman–Crippen MR) is 121 cm³/mol. The monoisotopic (exact) mass is 417 g/mol. The lowest BCUT2D eigenvalue weighted by atomic mass is 9.89. The summed E-state index contributed by atoms with van der Waals surface area (Å²) in [5.41, 5.74) is 2.31. The molecule has 0 saturated carbocycles. The van der Waals surface area contributed by atoms with Crippen molar-refractivity contribution >= 4 is 0 Å². The lowest BCUT2D eigenvalue weighted by Crippen LogP contribution is -2.32. The van der Waals surface area contributed by atoms with Gasteiger partial charge in [-0.25, -0.2) is 9.97 Å². The van der Waals surface area contributed by atoms with Gasteiger partial charge in [0, 0.05) is 18.6 Å². The van der Waals surface area contributed by atoms with Crippen LogP contribution in [0, 0.1) is 0 Å². The summed E-state index contributed by atoms with van der Waals surface area (Å²) in [5.74, 6) is 0. The van der Waals surface area contributed by atoms with E-state index in [1.54, 1.807) is 42.9 Å². The summed E-state index contributed by atoms with van der Waals surface area (Å²) in [5, 5.41) is 12.1. The smallest absolute Gasteiger partial charge is 0.191 e. The molecular weight excluding hydrogens is 398 g/mol. The fourth-order valence-electron chi connectivity index (χ4n) is 3.56. The largest absolute Gasteiger partial charge is 0.372 e. The second kappa shape index (κ2) is 8.45. The van der Waals surface area contributed by atoms with E-state index in [9.17, 15) is 5.11 Å². The zero-order valence-electron chi connectivity index (χ0n) is 17.1. The zero-order chi connectivity index (χ0) is 21.8. The molecule has 5 aromatic heterocycles. The maximum atomic E-state index is 12.1. The molecule has 0 radical (unpaired) electrons. The first-order chi connectivity index (χ1) is 15.7. The molecule has 0 fully saturated rings. The molecular formula is C26H19N5O. The van der Waals surface area contributed by atoms with Gasteiger partial charge in [0.2, 0.25) is 0 Å². The SMILES string of the molecule is OC(c1ccccn1)(c1cccc(-c2ccccn2)n1)c1cccc(-c2ccccn2)n1. The van der Waals surface area contributed by atoms with Crippen LogP contribution in [-0.2, 0) is 5.60 Å². The van der Waals surface area contributed by atoms with Gasteiger partial charge in [0.15, 0.2) is 5.60 Å². The van der Waals surface area contributed by atoms with Gasteiger partial charge >= 0.3 is 0 Å². The third-order valence-corrected chi connectivity index (χ3v) is 5.13. The van der Waals surface area contributed by atoms with Gasteiger partial charge < -0.3 is 5.11 Å². The topological polar surface area (TPSA) is 84.7 Å². The van der Waals surface area contributed by atoms with Crippen molar-refractivity contribution in [1.82, 2.24) is 24.9 Å². The Kier molecular flexibility index (Phi) is 5.19. The van der Waals surface area contributed by atoms with E-state index in [1.807, 2.05) is 66.7 Å². The van der Waals surface area contributed by atoms with Crippen LogP contribution in [0.2, 0.25) is 0 Å². The van der Waals surface area contributed by atoms with Crippen LogP contribution in [0.25, 0.3) is 22.8 Å². The highest BCUT2D eigenvalue weighted by molar-refractivity contribution is 5.57. The Bertz CT molecular complexity index is 1250. The van der Waals surface area contributed by atoms with E-state index in [0.717, 1.165) is 0 Å². The average Bonchev–Trinajstić information content (AvgIpc) is 2.90. The molecule has 0 aliphatic rings. The van der Waals surface area contributed by atoms with Gasteiger partial charge in [-0.1, -0.05) is 30.3 Å². The molecule has 0 unspecified atom stereocenters. The van der Waals surface area contributed by atoms with Crippen molar-refractivity contribution in [1.29, 1.82) is 0 Å². The molecule has 6 heteroatoms. The van der Waals surface area contributed by atoms with Crippen molar-refractivity contribution in [2.45, 2.75) is 5.60 Å². The molecule has 0 aliphatic carbocycles. The van der Waals surface area contributed by atoms with Crippen molar-refractivity contribution in [2.24, 2.45) is 0 Å². The van der Waals surface area contributed by atoms with Crippen molar-refractivity contribution in [3.05, 3.63) is 127 Å². The summed E-state index contributed by atoms with van der Waals surface area (Å²) in [6, 6.07) is 27.7. The number of nitrogens with zero attached hydrogens (tertiary/aromatic N) is 5. The summed E-state index contributed by atoms with van der Waals surface area (Å²) >= 11 is 0. The van der Waals surface area contributed by atoms with Gasteiger partial charge in [-0.2, -0.15) is 0 Å². The Morgan fingerprint density at radius 2 is 0.875 bits per heavy atom. The summed E-state index contributed by atoms with van der Waals surface area (Å²) in [6.07, 6.45) is 5.07. The summed E-state index contributed by atoms with van der Waals surface area (Å²) < 4.78 is 0. The van der Waals surface area contributed by atoms with Gasteiger partial charge in [0.25, 0.3) is 0 Å². The highest BCUT2D eigenvalue weighted by atomic mass is 16.3. The van der Waals surface area contributed by atoms with Crippen LogP contribution in [0.5, 0.6) is 0 Å². The molecule has 0 aromatic carbocycles. The fraction of sp³-hybridized carbons (Fsp3) is 0.0385. The van der Waals surface area contributed by atoms with E-state index in [0.29, 0.717) is 39.9 Å². The van der Waals surface area contributed by atoms with E-state index in [-0.39, 0.29) is 0 Å². The van der Waals surface area contributed by atoms with Crippen LogP contribution >= 0.6 is 0 Å². The lowest BCUT2D eigenvalue weighted by molar-refractivity contribution is 0.111. The Morgan fingerprint density at radius 1 is 0.438 bits per heavy atom. The molecule has 0 amide bonds. The minimum Gasteiger partial charge on any atom is -0.372 e. The third kappa shape index (κ3) is 3.64. The molecule has 5 heterocycles. The first-order valence-corrected chi connectivity index (χ1v) is 10.2. The van der Waals surface area contributed by atoms with Gasteiger partial charge in [-0.05, 0) is 60.7 Å². The highest BCUT2D eigenvalue weighted by Gasteiger charge is 2.38. The molecule has 5 aromatic rings. The van der Waals surface area contributed by atoms with Crippen molar-refractivity contribution in [2.75, 3.05) is 0 Å². The van der Waals surface area contributed by atoms with Gasteiger partial charge in [-0.15, -0.1) is 0 Å². The van der Waals surface area contributed by atoms with E-state index in [1.165, 1.54) is 0 Å². The maximum Gasteiger partial charge on any atom is 0.191 e. The van der Waals surface area contributed by atoms with E-state index < -0.39 is 5.60 Å². The molecule has 154 valence electrons. The van der Waals surface area contributed by atoms with E-state index >= 15 is 0 Å². The Labute approximate surface area is 185 Å².